The molecule has 0 aliphatic rings. The summed E-state index contributed by atoms with van der Waals surface area (Å²) in [5.74, 6) is -0.421. The highest BCUT2D eigenvalue weighted by atomic mass is 16.5. The van der Waals surface area contributed by atoms with Gasteiger partial charge in [0.1, 0.15) is 5.75 Å². The first-order chi connectivity index (χ1) is 9.99. The van der Waals surface area contributed by atoms with E-state index < -0.39 is 12.1 Å². The van der Waals surface area contributed by atoms with Crippen LogP contribution in [-0.2, 0) is 11.3 Å². The Hall–Kier alpha value is -2.05. The Morgan fingerprint density at radius 1 is 1.43 bits per heavy atom. The van der Waals surface area contributed by atoms with E-state index in [-0.39, 0.29) is 25.5 Å². The van der Waals surface area contributed by atoms with Crippen LogP contribution in [0.3, 0.4) is 0 Å². The van der Waals surface area contributed by atoms with Crippen molar-refractivity contribution in [2.45, 2.75) is 26.5 Å². The minimum absolute atomic E-state index is 0.0490. The van der Waals surface area contributed by atoms with Crippen molar-refractivity contribution in [2.75, 3.05) is 13.2 Å². The Bertz CT molecular complexity index is 662. The number of rotatable bonds is 5. The van der Waals surface area contributed by atoms with Crippen molar-refractivity contribution in [1.82, 2.24) is 4.57 Å². The first-order valence-electron chi connectivity index (χ1n) is 6.77. The highest BCUT2D eigenvalue weighted by Crippen LogP contribution is 2.29. The average molecular weight is 293 g/mol. The summed E-state index contributed by atoms with van der Waals surface area (Å²) in [6.07, 6.45) is -0.928. The van der Waals surface area contributed by atoms with Gasteiger partial charge in [0.05, 0.1) is 31.4 Å². The molecule has 0 fully saturated rings. The number of fused-ring (bicyclic) bond motifs is 1. The summed E-state index contributed by atoms with van der Waals surface area (Å²) in [5.41, 5.74) is 1.69. The van der Waals surface area contributed by atoms with E-state index in [2.05, 4.69) is 0 Å². The number of aliphatic hydroxyl groups excluding tert-OH is 2. The van der Waals surface area contributed by atoms with E-state index in [0.717, 1.165) is 0 Å². The number of carbonyl (C=O) groups excluding carboxylic acids is 1. The van der Waals surface area contributed by atoms with E-state index in [1.807, 2.05) is 0 Å². The second kappa shape index (κ2) is 6.15. The maximum Gasteiger partial charge on any atom is 0.340 e. The largest absolute Gasteiger partial charge is 0.508 e. The molecule has 3 N–H and O–H groups in total. The third-order valence-electron chi connectivity index (χ3n) is 3.39. The molecule has 0 amide bonds. The van der Waals surface area contributed by atoms with E-state index in [9.17, 15) is 15.0 Å². The number of aromatic nitrogens is 1. The zero-order chi connectivity index (χ0) is 15.6. The van der Waals surface area contributed by atoms with Crippen LogP contribution in [0.15, 0.2) is 18.2 Å². The number of benzene rings is 1. The normalized spacial score (nSPS) is 12.6. The third kappa shape index (κ3) is 2.86. The van der Waals surface area contributed by atoms with Gasteiger partial charge in [0, 0.05) is 16.6 Å². The van der Waals surface area contributed by atoms with Gasteiger partial charge in [-0.3, -0.25) is 0 Å². The van der Waals surface area contributed by atoms with Gasteiger partial charge >= 0.3 is 5.97 Å². The van der Waals surface area contributed by atoms with Gasteiger partial charge in [-0.05, 0) is 32.0 Å². The maximum atomic E-state index is 12.1. The second-order valence-electron chi connectivity index (χ2n) is 4.83. The highest BCUT2D eigenvalue weighted by Gasteiger charge is 2.22. The zero-order valence-electron chi connectivity index (χ0n) is 12.0. The fraction of sp³-hybridized carbons (Fsp3) is 0.400. The third-order valence-corrected chi connectivity index (χ3v) is 3.39. The van der Waals surface area contributed by atoms with E-state index in [4.69, 9.17) is 9.84 Å². The first-order valence-corrected chi connectivity index (χ1v) is 6.77. The van der Waals surface area contributed by atoms with Crippen molar-refractivity contribution in [3.05, 3.63) is 29.5 Å². The molecule has 2 rings (SSSR count). The number of aliphatic hydroxyl groups is 2. The lowest BCUT2D eigenvalue weighted by Crippen LogP contribution is -2.20. The van der Waals surface area contributed by atoms with Crippen LogP contribution in [0, 0.1) is 6.92 Å². The summed E-state index contributed by atoms with van der Waals surface area (Å²) < 4.78 is 6.79. The lowest BCUT2D eigenvalue weighted by atomic mass is 10.1. The number of phenolic OH excluding ortho intramolecular Hbond substituents is 1. The molecule has 2 aromatic rings. The Morgan fingerprint density at radius 3 is 2.76 bits per heavy atom. The molecule has 0 spiro atoms. The van der Waals surface area contributed by atoms with Gasteiger partial charge in [-0.2, -0.15) is 0 Å². The number of hydrogen-bond acceptors (Lipinski definition) is 5. The number of ether oxygens (including phenoxy) is 1. The Kier molecular flexibility index (Phi) is 4.50. The molecule has 6 nitrogen and oxygen atoms in total. The van der Waals surface area contributed by atoms with Crippen LogP contribution in [0.2, 0.25) is 0 Å². The van der Waals surface area contributed by atoms with Crippen LogP contribution in [-0.4, -0.2) is 45.2 Å². The summed E-state index contributed by atoms with van der Waals surface area (Å²) >= 11 is 0. The topological polar surface area (TPSA) is 91.9 Å². The minimum Gasteiger partial charge on any atom is -0.508 e. The molecule has 1 heterocycles. The van der Waals surface area contributed by atoms with Crippen LogP contribution in [0.25, 0.3) is 10.9 Å². The molecule has 0 saturated heterocycles. The summed E-state index contributed by atoms with van der Waals surface area (Å²) in [6, 6.07) is 4.68. The number of phenols is 1. The minimum atomic E-state index is -0.928. The molecule has 21 heavy (non-hydrogen) atoms. The van der Waals surface area contributed by atoms with Crippen LogP contribution < -0.4 is 0 Å². The van der Waals surface area contributed by atoms with Crippen LogP contribution in [0.1, 0.15) is 23.0 Å². The molecular formula is C15H19NO5. The van der Waals surface area contributed by atoms with Crippen LogP contribution in [0.5, 0.6) is 5.75 Å². The van der Waals surface area contributed by atoms with Gasteiger partial charge in [-0.1, -0.05) is 0 Å². The molecule has 114 valence electrons. The highest BCUT2D eigenvalue weighted by molar-refractivity contribution is 6.06. The fourth-order valence-corrected chi connectivity index (χ4v) is 2.43. The summed E-state index contributed by atoms with van der Waals surface area (Å²) in [6.45, 7) is 3.50. The molecule has 0 radical (unpaired) electrons. The molecule has 1 aromatic heterocycles. The second-order valence-corrected chi connectivity index (χ2v) is 4.83. The molecule has 1 aromatic carbocycles. The first kappa shape index (κ1) is 15.3. The lowest BCUT2D eigenvalue weighted by Gasteiger charge is -2.12. The van der Waals surface area contributed by atoms with Gasteiger partial charge in [-0.25, -0.2) is 4.79 Å². The quantitative estimate of drug-likeness (QED) is 0.720. The molecule has 6 heteroatoms. The van der Waals surface area contributed by atoms with E-state index >= 15 is 0 Å². The Morgan fingerprint density at radius 2 is 2.14 bits per heavy atom. The number of aromatic hydroxyl groups is 1. The predicted octanol–water partition coefficient (Wildman–Crippen LogP) is 1.19. The Balaban J connectivity index is 2.64. The van der Waals surface area contributed by atoms with Crippen LogP contribution in [0.4, 0.5) is 0 Å². The number of esters is 1. The molecule has 0 bridgehead atoms. The van der Waals surface area contributed by atoms with E-state index in [0.29, 0.717) is 22.2 Å². The molecule has 0 aliphatic heterocycles. The van der Waals surface area contributed by atoms with Crippen molar-refractivity contribution >= 4 is 16.9 Å². The van der Waals surface area contributed by atoms with Crippen LogP contribution >= 0.6 is 0 Å². The van der Waals surface area contributed by atoms with Gasteiger partial charge in [0.2, 0.25) is 0 Å². The number of nitrogens with zero attached hydrogens (tertiary/aromatic N) is 1. The molecule has 0 saturated carbocycles. The van der Waals surface area contributed by atoms with Crippen molar-refractivity contribution in [3.8, 4) is 5.75 Å². The van der Waals surface area contributed by atoms with E-state index in [1.54, 1.807) is 24.5 Å². The van der Waals surface area contributed by atoms with Gasteiger partial charge in [-0.15, -0.1) is 0 Å². The number of carbonyl (C=O) groups is 1. The number of hydrogen-bond donors (Lipinski definition) is 3. The molecule has 0 aliphatic carbocycles. The summed E-state index contributed by atoms with van der Waals surface area (Å²) in [5, 5.41) is 28.9. The molecule has 1 atom stereocenters. The maximum absolute atomic E-state index is 12.1. The van der Waals surface area contributed by atoms with Crippen molar-refractivity contribution in [1.29, 1.82) is 0 Å². The lowest BCUT2D eigenvalue weighted by molar-refractivity contribution is 0.0526. The van der Waals surface area contributed by atoms with Gasteiger partial charge in [0.25, 0.3) is 0 Å². The SMILES string of the molecule is CCOC(=O)c1c(C)n(CC(O)CO)c2ccc(O)cc12. The van der Waals surface area contributed by atoms with Crippen molar-refractivity contribution in [2.24, 2.45) is 0 Å². The average Bonchev–Trinajstić information content (AvgIpc) is 2.71. The smallest absolute Gasteiger partial charge is 0.340 e. The van der Waals surface area contributed by atoms with Crippen molar-refractivity contribution in [3.63, 3.8) is 0 Å². The Labute approximate surface area is 122 Å². The fourth-order valence-electron chi connectivity index (χ4n) is 2.43. The monoisotopic (exact) mass is 293 g/mol. The summed E-state index contributed by atoms with van der Waals surface area (Å²) in [4.78, 5) is 12.1. The standard InChI is InChI=1S/C15H19NO5/c1-3-21-15(20)14-9(2)16(7-11(19)8-17)13-5-4-10(18)6-12(13)14/h4-6,11,17-19H,3,7-8H2,1-2H3. The van der Waals surface area contributed by atoms with Crippen molar-refractivity contribution < 1.29 is 24.9 Å². The zero-order valence-corrected chi connectivity index (χ0v) is 12.0. The van der Waals surface area contributed by atoms with Gasteiger partial charge < -0.3 is 24.6 Å². The van der Waals surface area contributed by atoms with Gasteiger partial charge in [0.15, 0.2) is 0 Å². The van der Waals surface area contributed by atoms with E-state index in [1.165, 1.54) is 12.1 Å². The molecule has 1 unspecified atom stereocenters. The predicted molar refractivity (Wildman–Crippen MR) is 77.4 cm³/mol. The summed E-state index contributed by atoms with van der Waals surface area (Å²) in [7, 11) is 0. The molecular weight excluding hydrogens is 274 g/mol.